The zero-order valence-corrected chi connectivity index (χ0v) is 13.6. The van der Waals surface area contributed by atoms with E-state index in [1.165, 1.54) is 0 Å². The Balaban J connectivity index is 2.28. The number of aromatic nitrogens is 3. The Hall–Kier alpha value is -3.09. The molecule has 24 heavy (non-hydrogen) atoms. The zero-order chi connectivity index (χ0) is 17.1. The molecule has 0 fully saturated rings. The van der Waals surface area contributed by atoms with Crippen LogP contribution in [0.5, 0.6) is 11.5 Å². The van der Waals surface area contributed by atoms with Crippen molar-refractivity contribution in [3.63, 3.8) is 0 Å². The van der Waals surface area contributed by atoms with Gasteiger partial charge in [0.1, 0.15) is 17.2 Å². The minimum absolute atomic E-state index is 0.116. The van der Waals surface area contributed by atoms with Gasteiger partial charge in [0.05, 0.1) is 26.4 Å². The van der Waals surface area contributed by atoms with Gasteiger partial charge in [-0.25, -0.2) is 4.79 Å². The first-order valence-electron chi connectivity index (χ1n) is 7.42. The molecule has 0 atom stereocenters. The lowest BCUT2D eigenvalue weighted by atomic mass is 9.99. The molecule has 7 nitrogen and oxygen atoms in total. The van der Waals surface area contributed by atoms with Crippen LogP contribution in [-0.2, 0) is 4.74 Å². The normalized spacial score (nSPS) is 10.6. The second-order valence-electron chi connectivity index (χ2n) is 4.97. The van der Waals surface area contributed by atoms with Gasteiger partial charge in [0, 0.05) is 0 Å². The summed E-state index contributed by atoms with van der Waals surface area (Å²) in [6.07, 6.45) is 0. The van der Waals surface area contributed by atoms with E-state index in [-0.39, 0.29) is 12.3 Å². The van der Waals surface area contributed by atoms with Crippen LogP contribution in [0.25, 0.3) is 22.0 Å². The Morgan fingerprint density at radius 3 is 2.62 bits per heavy atom. The minimum Gasteiger partial charge on any atom is -0.497 e. The van der Waals surface area contributed by atoms with E-state index < -0.39 is 5.97 Å². The second kappa shape index (κ2) is 6.57. The van der Waals surface area contributed by atoms with Crippen LogP contribution in [0.3, 0.4) is 0 Å². The predicted octanol–water partition coefficient (Wildman–Crippen LogP) is 2.82. The molecule has 1 heterocycles. The van der Waals surface area contributed by atoms with E-state index in [0.717, 1.165) is 10.8 Å². The molecular formula is C17H17N3O4. The van der Waals surface area contributed by atoms with E-state index >= 15 is 0 Å². The Labute approximate surface area is 138 Å². The van der Waals surface area contributed by atoms with Gasteiger partial charge in [-0.05, 0) is 35.9 Å². The Morgan fingerprint density at radius 1 is 1.12 bits per heavy atom. The number of hydrogen-bond acceptors (Lipinski definition) is 6. The van der Waals surface area contributed by atoms with E-state index in [2.05, 4.69) is 15.4 Å². The third-order valence-electron chi connectivity index (χ3n) is 3.66. The number of carbonyl (C=O) groups is 1. The first-order chi connectivity index (χ1) is 11.7. The van der Waals surface area contributed by atoms with Crippen molar-refractivity contribution >= 4 is 16.7 Å². The molecule has 0 saturated carbocycles. The van der Waals surface area contributed by atoms with Gasteiger partial charge in [-0.3, -0.25) is 0 Å². The highest BCUT2D eigenvalue weighted by Gasteiger charge is 2.23. The van der Waals surface area contributed by atoms with Gasteiger partial charge in [-0.1, -0.05) is 12.1 Å². The fraction of sp³-hybridized carbons (Fsp3) is 0.235. The van der Waals surface area contributed by atoms with Crippen molar-refractivity contribution in [3.8, 4) is 22.8 Å². The average molecular weight is 327 g/mol. The molecule has 2 aromatic carbocycles. The van der Waals surface area contributed by atoms with Crippen molar-refractivity contribution in [1.82, 2.24) is 15.4 Å². The summed E-state index contributed by atoms with van der Waals surface area (Å²) in [7, 11) is 3.16. The third-order valence-corrected chi connectivity index (χ3v) is 3.66. The number of benzene rings is 2. The number of hydrogen-bond donors (Lipinski definition) is 1. The molecule has 1 N–H and O–H groups in total. The fourth-order valence-electron chi connectivity index (χ4n) is 2.57. The lowest BCUT2D eigenvalue weighted by molar-refractivity contribution is 0.0520. The Morgan fingerprint density at radius 2 is 1.92 bits per heavy atom. The van der Waals surface area contributed by atoms with Crippen LogP contribution in [-0.4, -0.2) is 42.2 Å². The number of aromatic amines is 1. The number of rotatable bonds is 5. The average Bonchev–Trinajstić information content (AvgIpc) is 3.09. The van der Waals surface area contributed by atoms with E-state index in [1.807, 2.05) is 30.3 Å². The molecule has 0 aliphatic carbocycles. The summed E-state index contributed by atoms with van der Waals surface area (Å²) in [5.41, 5.74) is 1.15. The number of esters is 1. The van der Waals surface area contributed by atoms with Crippen molar-refractivity contribution < 1.29 is 19.0 Å². The minimum atomic E-state index is -0.539. The van der Waals surface area contributed by atoms with Gasteiger partial charge in [-0.15, -0.1) is 5.10 Å². The Kier molecular flexibility index (Phi) is 4.33. The summed E-state index contributed by atoms with van der Waals surface area (Å²) < 4.78 is 15.8. The third kappa shape index (κ3) is 2.64. The summed E-state index contributed by atoms with van der Waals surface area (Å²) in [5.74, 6) is 0.733. The summed E-state index contributed by atoms with van der Waals surface area (Å²) in [6.45, 7) is 1.99. The zero-order valence-electron chi connectivity index (χ0n) is 13.6. The smallest absolute Gasteiger partial charge is 0.361 e. The van der Waals surface area contributed by atoms with Crippen molar-refractivity contribution in [2.75, 3.05) is 20.8 Å². The summed E-state index contributed by atoms with van der Waals surface area (Å²) in [4.78, 5) is 12.1. The van der Waals surface area contributed by atoms with E-state index in [0.29, 0.717) is 22.8 Å². The number of ether oxygens (including phenoxy) is 3. The molecule has 0 spiro atoms. The molecule has 3 aromatic rings. The van der Waals surface area contributed by atoms with E-state index in [1.54, 1.807) is 21.1 Å². The number of nitrogens with zero attached hydrogens (tertiary/aromatic N) is 2. The van der Waals surface area contributed by atoms with Gasteiger partial charge in [-0.2, -0.15) is 10.3 Å². The summed E-state index contributed by atoms with van der Waals surface area (Å²) >= 11 is 0. The fourth-order valence-corrected chi connectivity index (χ4v) is 2.57. The molecule has 0 aliphatic rings. The topological polar surface area (TPSA) is 86.3 Å². The van der Waals surface area contributed by atoms with Crippen LogP contribution in [0.4, 0.5) is 0 Å². The summed E-state index contributed by atoms with van der Waals surface area (Å²) in [5, 5.41) is 12.4. The van der Waals surface area contributed by atoms with Crippen LogP contribution in [0.1, 0.15) is 17.4 Å². The molecule has 0 unspecified atom stereocenters. The number of H-pyrrole nitrogens is 1. The molecule has 3 rings (SSSR count). The highest BCUT2D eigenvalue weighted by Crippen LogP contribution is 2.38. The van der Waals surface area contributed by atoms with Crippen LogP contribution < -0.4 is 9.47 Å². The van der Waals surface area contributed by atoms with Gasteiger partial charge in [0.2, 0.25) is 0 Å². The van der Waals surface area contributed by atoms with Crippen molar-refractivity contribution in [1.29, 1.82) is 0 Å². The molecule has 0 saturated heterocycles. The molecule has 0 radical (unpaired) electrons. The number of nitrogens with one attached hydrogen (secondary N) is 1. The summed E-state index contributed by atoms with van der Waals surface area (Å²) in [6, 6.07) is 9.43. The molecular weight excluding hydrogens is 310 g/mol. The predicted molar refractivity (Wildman–Crippen MR) is 88.4 cm³/mol. The monoisotopic (exact) mass is 327 g/mol. The first kappa shape index (κ1) is 15.8. The highest BCUT2D eigenvalue weighted by molar-refractivity contribution is 6.04. The van der Waals surface area contributed by atoms with Crippen LogP contribution >= 0.6 is 0 Å². The van der Waals surface area contributed by atoms with E-state index in [4.69, 9.17) is 14.2 Å². The van der Waals surface area contributed by atoms with Gasteiger partial charge < -0.3 is 14.2 Å². The lowest BCUT2D eigenvalue weighted by Gasteiger charge is -2.12. The van der Waals surface area contributed by atoms with Crippen molar-refractivity contribution in [2.24, 2.45) is 0 Å². The Bertz CT molecular complexity index is 883. The molecule has 0 aliphatic heterocycles. The van der Waals surface area contributed by atoms with Crippen molar-refractivity contribution in [3.05, 3.63) is 36.0 Å². The van der Waals surface area contributed by atoms with E-state index in [9.17, 15) is 4.79 Å². The highest BCUT2D eigenvalue weighted by atomic mass is 16.5. The second-order valence-corrected chi connectivity index (χ2v) is 4.97. The van der Waals surface area contributed by atoms with Crippen LogP contribution in [0.15, 0.2) is 30.3 Å². The maximum absolute atomic E-state index is 12.1. The number of methoxy groups -OCH3 is 2. The maximum atomic E-state index is 12.1. The maximum Gasteiger partial charge on any atom is 0.361 e. The number of fused-ring (bicyclic) bond motifs is 1. The SMILES string of the molecule is CCOC(=O)c1n[nH]nc1-c1c(OC)ccc2ccc(OC)cc12. The molecule has 0 bridgehead atoms. The van der Waals surface area contributed by atoms with Crippen LogP contribution in [0.2, 0.25) is 0 Å². The molecule has 1 aromatic heterocycles. The van der Waals surface area contributed by atoms with Gasteiger partial charge in [0.15, 0.2) is 5.69 Å². The molecule has 124 valence electrons. The van der Waals surface area contributed by atoms with Crippen molar-refractivity contribution in [2.45, 2.75) is 6.92 Å². The molecule has 7 heteroatoms. The largest absolute Gasteiger partial charge is 0.497 e. The van der Waals surface area contributed by atoms with Gasteiger partial charge in [0.25, 0.3) is 0 Å². The standard InChI is InChI=1S/C17H17N3O4/c1-4-24-17(21)16-15(18-20-19-16)14-12-9-11(22-2)7-5-10(12)6-8-13(14)23-3/h5-9H,4H2,1-3H3,(H,18,19,20). The van der Waals surface area contributed by atoms with Crippen LogP contribution in [0, 0.1) is 0 Å². The van der Waals surface area contributed by atoms with Gasteiger partial charge >= 0.3 is 5.97 Å². The quantitative estimate of drug-likeness (QED) is 0.725. The number of carbonyl (C=O) groups excluding carboxylic acids is 1. The first-order valence-corrected chi connectivity index (χ1v) is 7.42. The lowest BCUT2D eigenvalue weighted by Crippen LogP contribution is -2.07. The molecule has 0 amide bonds.